The highest BCUT2D eigenvalue weighted by molar-refractivity contribution is 5.80. The second-order valence-corrected chi connectivity index (χ2v) is 7.12. The Labute approximate surface area is 150 Å². The summed E-state index contributed by atoms with van der Waals surface area (Å²) >= 11 is 0. The third-order valence-electron chi connectivity index (χ3n) is 5.37. The zero-order valence-corrected chi connectivity index (χ0v) is 15.2. The average Bonchev–Trinajstić information content (AvgIpc) is 3.00. The van der Waals surface area contributed by atoms with Crippen LogP contribution in [-0.4, -0.2) is 24.0 Å². The number of nitrogens with zero attached hydrogens (tertiary/aromatic N) is 1. The molecule has 3 rings (SSSR count). The summed E-state index contributed by atoms with van der Waals surface area (Å²) in [4.78, 5) is 14.7. The van der Waals surface area contributed by atoms with Crippen molar-refractivity contribution in [2.24, 2.45) is 5.41 Å². The van der Waals surface area contributed by atoms with Gasteiger partial charge in [0.25, 0.3) is 0 Å². The van der Waals surface area contributed by atoms with Crippen molar-refractivity contribution >= 4 is 5.91 Å². The minimum atomic E-state index is -0.0745. The number of carbonyl (C=O) groups excluding carboxylic acids is 1. The quantitative estimate of drug-likeness (QED) is 0.739. The van der Waals surface area contributed by atoms with Gasteiger partial charge in [0, 0.05) is 18.4 Å². The van der Waals surface area contributed by atoms with E-state index in [1.54, 1.807) is 0 Å². The second-order valence-electron chi connectivity index (χ2n) is 7.12. The van der Waals surface area contributed by atoms with Crippen LogP contribution in [0.5, 0.6) is 0 Å². The van der Waals surface area contributed by atoms with E-state index in [-0.39, 0.29) is 17.4 Å². The van der Waals surface area contributed by atoms with E-state index in [1.165, 1.54) is 11.1 Å². The lowest BCUT2D eigenvalue weighted by Gasteiger charge is -2.30. The van der Waals surface area contributed by atoms with Gasteiger partial charge < -0.3 is 9.64 Å². The minimum Gasteiger partial charge on any atom is -0.376 e. The van der Waals surface area contributed by atoms with Crippen molar-refractivity contribution in [3.8, 4) is 0 Å². The van der Waals surface area contributed by atoms with Crippen LogP contribution in [-0.2, 0) is 16.1 Å². The molecule has 2 aromatic rings. The van der Waals surface area contributed by atoms with E-state index in [2.05, 4.69) is 38.1 Å². The number of rotatable bonds is 7. The van der Waals surface area contributed by atoms with Crippen LogP contribution in [0.15, 0.2) is 60.7 Å². The van der Waals surface area contributed by atoms with Gasteiger partial charge in [-0.05, 0) is 24.5 Å². The Morgan fingerprint density at radius 2 is 1.72 bits per heavy atom. The lowest BCUT2D eigenvalue weighted by molar-refractivity contribution is -0.129. The van der Waals surface area contributed by atoms with Crippen LogP contribution in [0.25, 0.3) is 0 Å². The first-order valence-corrected chi connectivity index (χ1v) is 9.10. The third-order valence-corrected chi connectivity index (χ3v) is 5.37. The van der Waals surface area contributed by atoms with Gasteiger partial charge in [-0.25, -0.2) is 0 Å². The molecule has 1 amide bonds. The van der Waals surface area contributed by atoms with Crippen LogP contribution in [0.2, 0.25) is 0 Å². The van der Waals surface area contributed by atoms with Crippen LogP contribution in [0, 0.1) is 5.41 Å². The van der Waals surface area contributed by atoms with Crippen molar-refractivity contribution in [3.05, 3.63) is 71.8 Å². The summed E-state index contributed by atoms with van der Waals surface area (Å²) < 4.78 is 6.00. The fourth-order valence-electron chi connectivity index (χ4n) is 3.59. The number of hydrogen-bond donors (Lipinski definition) is 0. The maximum atomic E-state index is 12.7. The zero-order chi connectivity index (χ0) is 17.7. The van der Waals surface area contributed by atoms with Gasteiger partial charge in [0.1, 0.15) is 0 Å². The van der Waals surface area contributed by atoms with E-state index in [0.717, 1.165) is 13.0 Å². The molecule has 0 radical (unpaired) electrons. The fourth-order valence-corrected chi connectivity index (χ4v) is 3.59. The van der Waals surface area contributed by atoms with Gasteiger partial charge in [0.05, 0.1) is 19.3 Å². The van der Waals surface area contributed by atoms with E-state index in [9.17, 15) is 4.79 Å². The van der Waals surface area contributed by atoms with Crippen LogP contribution in [0.1, 0.15) is 43.9 Å². The number of likely N-dealkylation sites (tertiary alicyclic amines) is 1. The van der Waals surface area contributed by atoms with E-state index < -0.39 is 0 Å². The van der Waals surface area contributed by atoms with E-state index in [1.807, 2.05) is 41.3 Å². The Balaban J connectivity index is 1.63. The minimum absolute atomic E-state index is 0.0745. The Hall–Kier alpha value is -2.13. The molecule has 3 heteroatoms. The van der Waals surface area contributed by atoms with Crippen molar-refractivity contribution in [3.63, 3.8) is 0 Å². The molecule has 3 nitrogen and oxygen atoms in total. The van der Waals surface area contributed by atoms with Gasteiger partial charge >= 0.3 is 0 Å². The van der Waals surface area contributed by atoms with Crippen molar-refractivity contribution < 1.29 is 9.53 Å². The molecule has 0 unspecified atom stereocenters. The summed E-state index contributed by atoms with van der Waals surface area (Å²) in [6, 6.07) is 20.6. The topological polar surface area (TPSA) is 29.5 Å². The molecule has 1 saturated heterocycles. The van der Waals surface area contributed by atoms with E-state index in [0.29, 0.717) is 19.6 Å². The normalized spacial score (nSPS) is 21.5. The molecule has 1 aliphatic heterocycles. The number of hydrogen-bond acceptors (Lipinski definition) is 2. The molecule has 0 N–H and O–H groups in total. The summed E-state index contributed by atoms with van der Waals surface area (Å²) in [5.41, 5.74) is 2.29. The van der Waals surface area contributed by atoms with Crippen molar-refractivity contribution in [2.75, 3.05) is 13.2 Å². The summed E-state index contributed by atoms with van der Waals surface area (Å²) in [5.74, 6) is 0.238. The number of ether oxygens (including phenoxy) is 1. The first-order valence-electron chi connectivity index (χ1n) is 9.10. The second kappa shape index (κ2) is 7.83. The van der Waals surface area contributed by atoms with Gasteiger partial charge in [-0.2, -0.15) is 0 Å². The van der Waals surface area contributed by atoms with Gasteiger partial charge in [-0.15, -0.1) is 0 Å². The number of benzene rings is 2. The number of amides is 1. The van der Waals surface area contributed by atoms with E-state index in [4.69, 9.17) is 4.74 Å². The molecule has 0 aromatic heterocycles. The summed E-state index contributed by atoms with van der Waals surface area (Å²) in [6.07, 6.45) is 1.53. The Kier molecular flexibility index (Phi) is 5.54. The highest BCUT2D eigenvalue weighted by Crippen LogP contribution is 2.39. The van der Waals surface area contributed by atoms with Crippen molar-refractivity contribution in [2.45, 2.75) is 39.3 Å². The number of carbonyl (C=O) groups is 1. The predicted molar refractivity (Wildman–Crippen MR) is 100 cm³/mol. The molecule has 2 aromatic carbocycles. The maximum Gasteiger partial charge on any atom is 0.223 e. The van der Waals surface area contributed by atoms with Crippen LogP contribution < -0.4 is 0 Å². The van der Waals surface area contributed by atoms with Crippen LogP contribution >= 0.6 is 0 Å². The Morgan fingerprint density at radius 3 is 2.36 bits per heavy atom. The zero-order valence-electron chi connectivity index (χ0n) is 15.2. The monoisotopic (exact) mass is 337 g/mol. The van der Waals surface area contributed by atoms with Gasteiger partial charge in [-0.3, -0.25) is 4.79 Å². The largest absolute Gasteiger partial charge is 0.376 e. The summed E-state index contributed by atoms with van der Waals surface area (Å²) in [5, 5.41) is 0. The molecule has 0 spiro atoms. The Bertz CT molecular complexity index is 686. The van der Waals surface area contributed by atoms with Crippen LogP contribution in [0.3, 0.4) is 0 Å². The molecule has 0 saturated carbocycles. The lowest BCUT2D eigenvalue weighted by Crippen LogP contribution is -2.33. The molecular formula is C22H27NO2. The first-order chi connectivity index (χ1) is 12.1. The molecule has 1 aliphatic rings. The van der Waals surface area contributed by atoms with Crippen molar-refractivity contribution in [1.29, 1.82) is 0 Å². The summed E-state index contributed by atoms with van der Waals surface area (Å²) in [7, 11) is 0. The van der Waals surface area contributed by atoms with Gasteiger partial charge in [0.15, 0.2) is 0 Å². The molecular weight excluding hydrogens is 310 g/mol. The molecule has 0 aliphatic carbocycles. The predicted octanol–water partition coefficient (Wildman–Crippen LogP) is 4.59. The highest BCUT2D eigenvalue weighted by atomic mass is 16.5. The van der Waals surface area contributed by atoms with E-state index >= 15 is 0 Å². The standard InChI is InChI=1S/C22H27NO2/c1-3-22(17-25-15-19-10-6-4-7-11-19)14-21(24)23(16-22)18(2)20-12-8-5-9-13-20/h4-13,18H,3,14-17H2,1-2H3/t18-,22-/m1/s1. The molecule has 25 heavy (non-hydrogen) atoms. The van der Waals surface area contributed by atoms with Crippen LogP contribution in [0.4, 0.5) is 0 Å². The molecule has 1 heterocycles. The molecule has 132 valence electrons. The maximum absolute atomic E-state index is 12.7. The Morgan fingerprint density at radius 1 is 1.08 bits per heavy atom. The first kappa shape index (κ1) is 17.7. The van der Waals surface area contributed by atoms with Gasteiger partial charge in [-0.1, -0.05) is 67.6 Å². The molecule has 0 bridgehead atoms. The SMILES string of the molecule is CC[C@@]1(COCc2ccccc2)CC(=O)N([C@H](C)c2ccccc2)C1. The summed E-state index contributed by atoms with van der Waals surface area (Å²) in [6.45, 7) is 6.28. The molecule has 1 fully saturated rings. The van der Waals surface area contributed by atoms with Crippen molar-refractivity contribution in [1.82, 2.24) is 4.90 Å². The third kappa shape index (κ3) is 4.10. The average molecular weight is 337 g/mol. The fraction of sp³-hybridized carbons (Fsp3) is 0.409. The van der Waals surface area contributed by atoms with Gasteiger partial charge in [0.2, 0.25) is 5.91 Å². The lowest BCUT2D eigenvalue weighted by atomic mass is 9.85. The highest BCUT2D eigenvalue weighted by Gasteiger charge is 2.43. The molecule has 2 atom stereocenters. The smallest absolute Gasteiger partial charge is 0.223 e.